The molecule has 0 fully saturated rings. The summed E-state index contributed by atoms with van der Waals surface area (Å²) in [6.07, 6.45) is 0. The van der Waals surface area contributed by atoms with Gasteiger partial charge in [0.1, 0.15) is 6.07 Å². The lowest BCUT2D eigenvalue weighted by Crippen LogP contribution is -2.20. The van der Waals surface area contributed by atoms with Crippen molar-refractivity contribution in [2.75, 3.05) is 12.3 Å². The molecule has 0 heterocycles. The molecule has 0 unspecified atom stereocenters. The van der Waals surface area contributed by atoms with E-state index in [4.69, 9.17) is 15.3 Å². The number of benzene rings is 3. The lowest BCUT2D eigenvalue weighted by molar-refractivity contribution is -0.135. The molecule has 0 saturated carbocycles. The van der Waals surface area contributed by atoms with Crippen LogP contribution in [0.5, 0.6) is 5.75 Å². The minimum absolute atomic E-state index is 0.0363. The van der Waals surface area contributed by atoms with Gasteiger partial charge in [-0.05, 0) is 43.7 Å². The second-order valence-corrected chi connectivity index (χ2v) is 6.53. The van der Waals surface area contributed by atoms with Gasteiger partial charge in [-0.25, -0.2) is 4.79 Å². The lowest BCUT2D eigenvalue weighted by atomic mass is 9.95. The third kappa shape index (κ3) is 4.65. The molecule has 0 bridgehead atoms. The first kappa shape index (κ1) is 20.6. The molecule has 0 atom stereocenters. The highest BCUT2D eigenvalue weighted by Crippen LogP contribution is 2.29. The summed E-state index contributed by atoms with van der Waals surface area (Å²) < 4.78 is 5.15. The molecule has 0 radical (unpaired) electrons. The fraction of sp³-hybridized carbons (Fsp3) is 0.125. The number of oxime groups is 1. The van der Waals surface area contributed by atoms with Gasteiger partial charge in [-0.1, -0.05) is 53.2 Å². The highest BCUT2D eigenvalue weighted by Gasteiger charge is 2.21. The zero-order valence-corrected chi connectivity index (χ0v) is 16.8. The van der Waals surface area contributed by atoms with Crippen LogP contribution in [-0.4, -0.2) is 18.3 Å². The molecule has 0 spiro atoms. The number of anilines is 1. The van der Waals surface area contributed by atoms with Gasteiger partial charge in [-0.3, -0.25) is 0 Å². The van der Waals surface area contributed by atoms with Crippen molar-refractivity contribution in [1.82, 2.24) is 0 Å². The van der Waals surface area contributed by atoms with E-state index in [9.17, 15) is 10.1 Å². The summed E-state index contributed by atoms with van der Waals surface area (Å²) in [6.45, 7) is 3.85. The predicted octanol–water partition coefficient (Wildman–Crippen LogP) is 4.46. The van der Waals surface area contributed by atoms with E-state index in [0.717, 1.165) is 11.1 Å². The number of aryl methyl sites for hydroxylation is 1. The summed E-state index contributed by atoms with van der Waals surface area (Å²) >= 11 is 0. The van der Waals surface area contributed by atoms with Crippen molar-refractivity contribution in [3.05, 3.63) is 83.4 Å². The molecule has 0 amide bonds. The number of hydrogen-bond donors (Lipinski definition) is 1. The molecule has 2 N–H and O–H groups in total. The summed E-state index contributed by atoms with van der Waals surface area (Å²) in [7, 11) is 0. The maximum atomic E-state index is 12.6. The third-order valence-corrected chi connectivity index (χ3v) is 4.37. The molecule has 3 rings (SSSR count). The average Bonchev–Trinajstić information content (AvgIpc) is 2.75. The Balaban J connectivity index is 2.10. The summed E-state index contributed by atoms with van der Waals surface area (Å²) in [6, 6.07) is 21.9. The SMILES string of the molecule is CCOC(=O)/C(=N/Oc1ccc(C)cc1)c1cc(N)c(C#N)c(-c2ccccc2)c1. The fourth-order valence-electron chi connectivity index (χ4n) is 2.88. The normalized spacial score (nSPS) is 10.9. The number of carbonyl (C=O) groups excluding carboxylic acids is 1. The zero-order chi connectivity index (χ0) is 21.5. The van der Waals surface area contributed by atoms with Crippen LogP contribution in [-0.2, 0) is 9.53 Å². The summed E-state index contributed by atoms with van der Waals surface area (Å²) in [4.78, 5) is 18.1. The number of nitrogens with two attached hydrogens (primary N) is 1. The second-order valence-electron chi connectivity index (χ2n) is 6.53. The number of nitrogens with zero attached hydrogens (tertiary/aromatic N) is 2. The van der Waals surface area contributed by atoms with Gasteiger partial charge in [-0.2, -0.15) is 5.26 Å². The first-order valence-electron chi connectivity index (χ1n) is 9.41. The molecule has 0 aromatic heterocycles. The van der Waals surface area contributed by atoms with E-state index in [1.54, 1.807) is 25.1 Å². The van der Waals surface area contributed by atoms with Crippen molar-refractivity contribution < 1.29 is 14.4 Å². The van der Waals surface area contributed by atoms with Gasteiger partial charge in [0, 0.05) is 11.1 Å². The van der Waals surface area contributed by atoms with Crippen molar-refractivity contribution in [1.29, 1.82) is 5.26 Å². The number of ether oxygens (including phenoxy) is 1. The topological polar surface area (TPSA) is 97.7 Å². The second kappa shape index (κ2) is 9.39. The molecule has 0 aliphatic carbocycles. The fourth-order valence-corrected chi connectivity index (χ4v) is 2.88. The van der Waals surface area contributed by atoms with Crippen LogP contribution in [0.3, 0.4) is 0 Å². The molecule has 6 heteroatoms. The summed E-state index contributed by atoms with van der Waals surface area (Å²) in [5, 5.41) is 13.6. The van der Waals surface area contributed by atoms with Gasteiger partial charge in [0.05, 0.1) is 17.9 Å². The molecule has 3 aromatic carbocycles. The van der Waals surface area contributed by atoms with Gasteiger partial charge in [0.25, 0.3) is 0 Å². The quantitative estimate of drug-likeness (QED) is 0.286. The average molecular weight is 399 g/mol. The van der Waals surface area contributed by atoms with Crippen LogP contribution in [0.4, 0.5) is 5.69 Å². The Bertz CT molecular complexity index is 1110. The van der Waals surface area contributed by atoms with Crippen molar-refractivity contribution in [2.45, 2.75) is 13.8 Å². The monoisotopic (exact) mass is 399 g/mol. The number of esters is 1. The van der Waals surface area contributed by atoms with Crippen molar-refractivity contribution >= 4 is 17.4 Å². The summed E-state index contributed by atoms with van der Waals surface area (Å²) in [5.74, 6) is -0.167. The molecule has 30 heavy (non-hydrogen) atoms. The maximum Gasteiger partial charge on any atom is 0.361 e. The Morgan fingerprint density at radius 3 is 2.43 bits per heavy atom. The highest BCUT2D eigenvalue weighted by molar-refractivity contribution is 6.43. The predicted molar refractivity (Wildman–Crippen MR) is 116 cm³/mol. The number of rotatable bonds is 6. The zero-order valence-electron chi connectivity index (χ0n) is 16.8. The molecule has 6 nitrogen and oxygen atoms in total. The van der Waals surface area contributed by atoms with Crippen LogP contribution < -0.4 is 10.6 Å². The van der Waals surface area contributed by atoms with Gasteiger partial charge in [-0.15, -0.1) is 0 Å². The lowest BCUT2D eigenvalue weighted by Gasteiger charge is -2.12. The molecular weight excluding hydrogens is 378 g/mol. The van der Waals surface area contributed by atoms with Crippen LogP contribution in [0, 0.1) is 18.3 Å². The Morgan fingerprint density at radius 1 is 1.10 bits per heavy atom. The van der Waals surface area contributed by atoms with Crippen LogP contribution in [0.1, 0.15) is 23.6 Å². The molecule has 3 aromatic rings. The molecule has 0 aliphatic rings. The Morgan fingerprint density at radius 2 is 1.80 bits per heavy atom. The van der Waals surface area contributed by atoms with Crippen LogP contribution in [0.25, 0.3) is 11.1 Å². The maximum absolute atomic E-state index is 12.6. The third-order valence-electron chi connectivity index (χ3n) is 4.37. The largest absolute Gasteiger partial charge is 0.461 e. The molecule has 0 aliphatic heterocycles. The van der Waals surface area contributed by atoms with E-state index < -0.39 is 5.97 Å². The van der Waals surface area contributed by atoms with E-state index in [1.807, 2.05) is 49.4 Å². The number of hydrogen-bond acceptors (Lipinski definition) is 6. The first-order chi connectivity index (χ1) is 14.5. The smallest absolute Gasteiger partial charge is 0.361 e. The summed E-state index contributed by atoms with van der Waals surface area (Å²) in [5.41, 5.74) is 9.53. The van der Waals surface area contributed by atoms with E-state index in [-0.39, 0.29) is 18.0 Å². The van der Waals surface area contributed by atoms with Gasteiger partial charge in [0.15, 0.2) is 11.5 Å². The highest BCUT2D eigenvalue weighted by atomic mass is 16.6. The van der Waals surface area contributed by atoms with Crippen molar-refractivity contribution in [2.24, 2.45) is 5.16 Å². The van der Waals surface area contributed by atoms with Crippen molar-refractivity contribution in [3.8, 4) is 22.9 Å². The molecular formula is C24H21N3O3. The standard InChI is InChI=1S/C24H21N3O3/c1-3-29-24(28)23(27-30-19-11-9-16(2)10-12-19)18-13-20(17-7-5-4-6-8-17)21(15-25)22(26)14-18/h4-14H,3,26H2,1-2H3/b27-23+. The van der Waals surface area contributed by atoms with Crippen LogP contribution >= 0.6 is 0 Å². The first-order valence-corrected chi connectivity index (χ1v) is 9.41. The number of nitriles is 1. The Labute approximate surface area is 175 Å². The van der Waals surface area contributed by atoms with Gasteiger partial charge >= 0.3 is 5.97 Å². The van der Waals surface area contributed by atoms with E-state index in [1.165, 1.54) is 6.07 Å². The number of carbonyl (C=O) groups is 1. The van der Waals surface area contributed by atoms with E-state index in [2.05, 4.69) is 11.2 Å². The van der Waals surface area contributed by atoms with E-state index >= 15 is 0 Å². The van der Waals surface area contributed by atoms with E-state index in [0.29, 0.717) is 22.4 Å². The van der Waals surface area contributed by atoms with Crippen LogP contribution in [0.15, 0.2) is 71.9 Å². The minimum atomic E-state index is -0.646. The van der Waals surface area contributed by atoms with Gasteiger partial charge in [0.2, 0.25) is 0 Å². The number of nitrogen functional groups attached to an aromatic ring is 1. The minimum Gasteiger partial charge on any atom is -0.461 e. The molecule has 0 saturated heterocycles. The van der Waals surface area contributed by atoms with Crippen LogP contribution in [0.2, 0.25) is 0 Å². The Hall–Kier alpha value is -4.11. The Kier molecular flexibility index (Phi) is 6.46. The molecule has 150 valence electrons. The van der Waals surface area contributed by atoms with Crippen molar-refractivity contribution in [3.63, 3.8) is 0 Å². The van der Waals surface area contributed by atoms with Gasteiger partial charge < -0.3 is 15.3 Å².